The van der Waals surface area contributed by atoms with Gasteiger partial charge in [-0.15, -0.1) is 0 Å². The molecular formula is C9H17F3N2O. The van der Waals surface area contributed by atoms with Gasteiger partial charge in [0.15, 0.2) is 0 Å². The number of hydrogen-bond acceptors (Lipinski definition) is 3. The summed E-state index contributed by atoms with van der Waals surface area (Å²) < 4.78 is 41.4. The van der Waals surface area contributed by atoms with Crippen molar-refractivity contribution in [3.8, 4) is 0 Å². The summed E-state index contributed by atoms with van der Waals surface area (Å²) >= 11 is 0. The summed E-state index contributed by atoms with van der Waals surface area (Å²) in [6.07, 6.45) is -4.81. The highest BCUT2D eigenvalue weighted by atomic mass is 19.4. The molecule has 0 aromatic rings. The third-order valence-electron chi connectivity index (χ3n) is 2.47. The van der Waals surface area contributed by atoms with E-state index in [1.54, 1.807) is 7.05 Å². The molecule has 6 heteroatoms. The van der Waals surface area contributed by atoms with Gasteiger partial charge in [-0.3, -0.25) is 4.90 Å². The molecule has 1 aliphatic heterocycles. The monoisotopic (exact) mass is 226 g/mol. The molecule has 0 saturated carbocycles. The van der Waals surface area contributed by atoms with E-state index in [0.717, 1.165) is 0 Å². The zero-order valence-corrected chi connectivity index (χ0v) is 8.81. The fraction of sp³-hybridized carbons (Fsp3) is 1.00. The van der Waals surface area contributed by atoms with Crippen molar-refractivity contribution in [2.24, 2.45) is 0 Å². The smallest absolute Gasteiger partial charge is 0.378 e. The first-order chi connectivity index (χ1) is 7.03. The molecule has 0 aliphatic carbocycles. The van der Waals surface area contributed by atoms with E-state index in [1.165, 1.54) is 0 Å². The van der Waals surface area contributed by atoms with Gasteiger partial charge in [-0.25, -0.2) is 0 Å². The first-order valence-electron chi connectivity index (χ1n) is 5.06. The van der Waals surface area contributed by atoms with E-state index in [0.29, 0.717) is 26.3 Å². The molecule has 1 saturated heterocycles. The molecule has 0 spiro atoms. The Balaban J connectivity index is 2.35. The summed E-state index contributed by atoms with van der Waals surface area (Å²) in [6.45, 7) is 2.36. The lowest BCUT2D eigenvalue weighted by Gasteiger charge is -2.35. The molecule has 0 bridgehead atoms. The SMILES string of the molecule is CNCC1COCCN1CCC(F)(F)F. The molecule has 1 heterocycles. The predicted molar refractivity (Wildman–Crippen MR) is 50.8 cm³/mol. The van der Waals surface area contributed by atoms with Gasteiger partial charge in [0.2, 0.25) is 0 Å². The highest BCUT2D eigenvalue weighted by Crippen LogP contribution is 2.20. The molecular weight excluding hydrogens is 209 g/mol. The van der Waals surface area contributed by atoms with Crippen LogP contribution in [0.3, 0.4) is 0 Å². The average Bonchev–Trinajstić information content (AvgIpc) is 2.16. The van der Waals surface area contributed by atoms with E-state index < -0.39 is 12.6 Å². The predicted octanol–water partition coefficient (Wildman–Crippen LogP) is 0.859. The number of hydrogen-bond donors (Lipinski definition) is 1. The second-order valence-corrected chi connectivity index (χ2v) is 3.69. The van der Waals surface area contributed by atoms with E-state index >= 15 is 0 Å². The molecule has 1 aliphatic rings. The van der Waals surface area contributed by atoms with Crippen LogP contribution >= 0.6 is 0 Å². The minimum absolute atomic E-state index is 0.0612. The zero-order valence-electron chi connectivity index (χ0n) is 8.81. The molecule has 1 atom stereocenters. The van der Waals surface area contributed by atoms with E-state index in [-0.39, 0.29) is 12.6 Å². The van der Waals surface area contributed by atoms with Crippen LogP contribution in [0, 0.1) is 0 Å². The zero-order chi connectivity index (χ0) is 11.3. The minimum atomic E-state index is -4.07. The number of nitrogens with one attached hydrogen (secondary N) is 1. The highest BCUT2D eigenvalue weighted by Gasteiger charge is 2.30. The first-order valence-corrected chi connectivity index (χ1v) is 5.06. The largest absolute Gasteiger partial charge is 0.390 e. The van der Waals surface area contributed by atoms with E-state index in [9.17, 15) is 13.2 Å². The lowest BCUT2D eigenvalue weighted by Crippen LogP contribution is -2.50. The second kappa shape index (κ2) is 5.67. The van der Waals surface area contributed by atoms with Crippen molar-refractivity contribution in [3.05, 3.63) is 0 Å². The number of ether oxygens (including phenoxy) is 1. The number of rotatable bonds is 4. The van der Waals surface area contributed by atoms with Crippen LogP contribution in [0.5, 0.6) is 0 Å². The van der Waals surface area contributed by atoms with E-state index in [1.807, 2.05) is 4.90 Å². The van der Waals surface area contributed by atoms with Crippen molar-refractivity contribution in [3.63, 3.8) is 0 Å². The molecule has 0 amide bonds. The number of nitrogens with zero attached hydrogens (tertiary/aromatic N) is 1. The Morgan fingerprint density at radius 1 is 1.47 bits per heavy atom. The molecule has 90 valence electrons. The summed E-state index contributed by atoms with van der Waals surface area (Å²) in [6, 6.07) is 0.0612. The van der Waals surface area contributed by atoms with E-state index in [2.05, 4.69) is 5.32 Å². The fourth-order valence-electron chi connectivity index (χ4n) is 1.68. The van der Waals surface area contributed by atoms with Gasteiger partial charge in [0.25, 0.3) is 0 Å². The maximum absolute atomic E-state index is 12.0. The van der Waals surface area contributed by atoms with Crippen molar-refractivity contribution in [2.45, 2.75) is 18.6 Å². The molecule has 0 aromatic carbocycles. The maximum atomic E-state index is 12.0. The molecule has 0 radical (unpaired) electrons. The summed E-state index contributed by atoms with van der Waals surface area (Å²) in [7, 11) is 1.79. The first kappa shape index (κ1) is 12.7. The lowest BCUT2D eigenvalue weighted by molar-refractivity contribution is -0.142. The van der Waals surface area contributed by atoms with Gasteiger partial charge in [-0.2, -0.15) is 13.2 Å². The standard InChI is InChI=1S/C9H17F3N2O/c1-13-6-8-7-15-5-4-14(8)3-2-9(10,11)12/h8,13H,2-7H2,1H3. The normalized spacial score (nSPS) is 24.4. The molecule has 0 aromatic heterocycles. The number of halogens is 3. The summed E-state index contributed by atoms with van der Waals surface area (Å²) in [5, 5.41) is 2.96. The Morgan fingerprint density at radius 2 is 2.20 bits per heavy atom. The number of likely N-dealkylation sites (N-methyl/N-ethyl adjacent to an activating group) is 1. The molecule has 1 rings (SSSR count). The Labute approximate surface area is 87.6 Å². The molecule has 1 unspecified atom stereocenters. The van der Waals surface area contributed by atoms with Gasteiger partial charge in [0.05, 0.1) is 19.6 Å². The lowest BCUT2D eigenvalue weighted by atomic mass is 10.2. The Morgan fingerprint density at radius 3 is 2.80 bits per heavy atom. The van der Waals surface area contributed by atoms with Crippen LogP contribution < -0.4 is 5.32 Å². The van der Waals surface area contributed by atoms with Crippen LogP contribution in [0.1, 0.15) is 6.42 Å². The summed E-state index contributed by atoms with van der Waals surface area (Å²) in [5.74, 6) is 0. The van der Waals surface area contributed by atoms with Gasteiger partial charge in [0.1, 0.15) is 0 Å². The van der Waals surface area contributed by atoms with Crippen molar-refractivity contribution in [1.82, 2.24) is 10.2 Å². The van der Waals surface area contributed by atoms with Gasteiger partial charge < -0.3 is 10.1 Å². The maximum Gasteiger partial charge on any atom is 0.390 e. The molecule has 1 N–H and O–H groups in total. The van der Waals surface area contributed by atoms with Gasteiger partial charge in [-0.1, -0.05) is 0 Å². The van der Waals surface area contributed by atoms with Crippen molar-refractivity contribution in [2.75, 3.05) is 39.9 Å². The van der Waals surface area contributed by atoms with Crippen molar-refractivity contribution < 1.29 is 17.9 Å². The number of morpholine rings is 1. The third-order valence-corrected chi connectivity index (χ3v) is 2.47. The average molecular weight is 226 g/mol. The minimum Gasteiger partial charge on any atom is -0.378 e. The van der Waals surface area contributed by atoms with Crippen LogP contribution in [0.15, 0.2) is 0 Å². The Hall–Kier alpha value is -0.330. The summed E-state index contributed by atoms with van der Waals surface area (Å²) in [5.41, 5.74) is 0. The van der Waals surface area contributed by atoms with Gasteiger partial charge >= 0.3 is 6.18 Å². The fourth-order valence-corrected chi connectivity index (χ4v) is 1.68. The Kier molecular flexibility index (Phi) is 4.82. The molecule has 15 heavy (non-hydrogen) atoms. The van der Waals surface area contributed by atoms with Crippen LogP contribution in [0.25, 0.3) is 0 Å². The van der Waals surface area contributed by atoms with E-state index in [4.69, 9.17) is 4.74 Å². The highest BCUT2D eigenvalue weighted by molar-refractivity contribution is 4.77. The van der Waals surface area contributed by atoms with Crippen molar-refractivity contribution >= 4 is 0 Å². The van der Waals surface area contributed by atoms with Crippen LogP contribution in [0.4, 0.5) is 13.2 Å². The van der Waals surface area contributed by atoms with Crippen molar-refractivity contribution in [1.29, 1.82) is 0 Å². The van der Waals surface area contributed by atoms with Gasteiger partial charge in [-0.05, 0) is 7.05 Å². The number of alkyl halides is 3. The van der Waals surface area contributed by atoms with Crippen LogP contribution in [-0.4, -0.2) is 57.0 Å². The van der Waals surface area contributed by atoms with Crippen LogP contribution in [-0.2, 0) is 4.74 Å². The molecule has 1 fully saturated rings. The van der Waals surface area contributed by atoms with Crippen LogP contribution in [0.2, 0.25) is 0 Å². The topological polar surface area (TPSA) is 24.5 Å². The van der Waals surface area contributed by atoms with Gasteiger partial charge in [0, 0.05) is 25.7 Å². The molecule has 3 nitrogen and oxygen atoms in total. The Bertz CT molecular complexity index is 185. The quantitative estimate of drug-likeness (QED) is 0.769. The third kappa shape index (κ3) is 4.81. The summed E-state index contributed by atoms with van der Waals surface area (Å²) in [4.78, 5) is 1.84. The second-order valence-electron chi connectivity index (χ2n) is 3.69.